The van der Waals surface area contributed by atoms with Gasteiger partial charge in [-0.15, -0.1) is 0 Å². The molecule has 1 aromatic carbocycles. The summed E-state index contributed by atoms with van der Waals surface area (Å²) in [6.45, 7) is 4.86. The summed E-state index contributed by atoms with van der Waals surface area (Å²) in [5.41, 5.74) is 1.77. The quantitative estimate of drug-likeness (QED) is 0.813. The van der Waals surface area contributed by atoms with Gasteiger partial charge in [-0.05, 0) is 11.6 Å². The summed E-state index contributed by atoms with van der Waals surface area (Å²) in [6, 6.07) is 7.73. The molecule has 1 amide bonds. The van der Waals surface area contributed by atoms with Crippen molar-refractivity contribution in [2.24, 2.45) is 0 Å². The molecule has 1 fully saturated rings. The molecule has 0 bridgehead atoms. The van der Waals surface area contributed by atoms with Crippen molar-refractivity contribution in [3.05, 3.63) is 35.4 Å². The van der Waals surface area contributed by atoms with Crippen molar-refractivity contribution in [2.75, 3.05) is 40.3 Å². The highest BCUT2D eigenvalue weighted by molar-refractivity contribution is 5.94. The van der Waals surface area contributed by atoms with Crippen LogP contribution in [0.25, 0.3) is 0 Å². The summed E-state index contributed by atoms with van der Waals surface area (Å²) in [7, 11) is 3.13. The summed E-state index contributed by atoms with van der Waals surface area (Å²) in [5, 5.41) is 4.59. The van der Waals surface area contributed by atoms with Crippen molar-refractivity contribution < 1.29 is 9.63 Å². The number of hydrogen-bond acceptors (Lipinski definition) is 4. The first-order valence-corrected chi connectivity index (χ1v) is 6.55. The van der Waals surface area contributed by atoms with E-state index in [1.165, 1.54) is 12.2 Å². The summed E-state index contributed by atoms with van der Waals surface area (Å²) in [5.74, 6) is -0.103. The number of carbonyl (C=O) groups excluding carboxylic acids is 1. The number of carbonyl (C=O) groups is 1. The molecule has 1 heterocycles. The summed E-state index contributed by atoms with van der Waals surface area (Å²) in [6.07, 6.45) is 0. The maximum atomic E-state index is 12.2. The number of rotatable bonds is 4. The Bertz CT molecular complexity index is 430. The molecule has 2 rings (SSSR count). The fraction of sp³-hybridized carbons (Fsp3) is 0.500. The predicted octanol–water partition coefficient (Wildman–Crippen LogP) is 0.725. The Balaban J connectivity index is 2.13. The van der Waals surface area contributed by atoms with Gasteiger partial charge in [-0.2, -0.15) is 0 Å². The van der Waals surface area contributed by atoms with E-state index in [-0.39, 0.29) is 5.91 Å². The van der Waals surface area contributed by atoms with E-state index in [2.05, 4.69) is 10.2 Å². The van der Waals surface area contributed by atoms with Crippen LogP contribution in [-0.2, 0) is 11.4 Å². The van der Waals surface area contributed by atoms with Gasteiger partial charge >= 0.3 is 0 Å². The van der Waals surface area contributed by atoms with Crippen LogP contribution in [0.5, 0.6) is 0 Å². The molecule has 5 nitrogen and oxygen atoms in total. The van der Waals surface area contributed by atoms with Crippen LogP contribution in [0.3, 0.4) is 0 Å². The molecule has 0 aromatic heterocycles. The first kappa shape index (κ1) is 14.0. The van der Waals surface area contributed by atoms with Crippen molar-refractivity contribution in [1.29, 1.82) is 0 Å². The maximum absolute atomic E-state index is 12.2. The number of nitrogens with one attached hydrogen (secondary N) is 1. The summed E-state index contributed by atoms with van der Waals surface area (Å²) in [4.78, 5) is 19.5. The molecule has 1 aliphatic heterocycles. The minimum absolute atomic E-state index is 0.103. The zero-order chi connectivity index (χ0) is 13.7. The average molecular weight is 263 g/mol. The Morgan fingerprint density at radius 2 is 2.05 bits per heavy atom. The van der Waals surface area contributed by atoms with E-state index in [0.29, 0.717) is 5.56 Å². The lowest BCUT2D eigenvalue weighted by atomic mass is 10.1. The van der Waals surface area contributed by atoms with Crippen LogP contribution in [0.1, 0.15) is 15.9 Å². The molecule has 0 radical (unpaired) electrons. The second kappa shape index (κ2) is 6.65. The topological polar surface area (TPSA) is 44.8 Å². The molecule has 1 saturated heterocycles. The Morgan fingerprint density at radius 1 is 1.37 bits per heavy atom. The second-order valence-electron chi connectivity index (χ2n) is 4.67. The predicted molar refractivity (Wildman–Crippen MR) is 73.7 cm³/mol. The highest BCUT2D eigenvalue weighted by Gasteiger charge is 2.17. The molecule has 104 valence electrons. The molecule has 19 heavy (non-hydrogen) atoms. The van der Waals surface area contributed by atoms with Gasteiger partial charge in [-0.1, -0.05) is 18.2 Å². The Kier molecular flexibility index (Phi) is 4.90. The maximum Gasteiger partial charge on any atom is 0.277 e. The van der Waals surface area contributed by atoms with Crippen LogP contribution < -0.4 is 5.32 Å². The average Bonchev–Trinajstić information content (AvgIpc) is 2.47. The molecule has 5 heteroatoms. The van der Waals surface area contributed by atoms with E-state index >= 15 is 0 Å². The van der Waals surface area contributed by atoms with E-state index in [4.69, 9.17) is 4.84 Å². The molecule has 0 saturated carbocycles. The number of piperazine rings is 1. The smallest absolute Gasteiger partial charge is 0.277 e. The van der Waals surface area contributed by atoms with Gasteiger partial charge in [-0.25, -0.2) is 5.06 Å². The lowest BCUT2D eigenvalue weighted by molar-refractivity contribution is -0.0757. The van der Waals surface area contributed by atoms with Gasteiger partial charge in [0.2, 0.25) is 0 Å². The summed E-state index contributed by atoms with van der Waals surface area (Å²) >= 11 is 0. The van der Waals surface area contributed by atoms with Gasteiger partial charge in [0.05, 0.1) is 7.11 Å². The van der Waals surface area contributed by atoms with Gasteiger partial charge in [0.25, 0.3) is 5.91 Å². The highest BCUT2D eigenvalue weighted by atomic mass is 16.7. The van der Waals surface area contributed by atoms with E-state index in [1.807, 2.05) is 24.3 Å². The normalized spacial score (nSPS) is 16.3. The molecule has 1 aliphatic rings. The number of hydrogen-bond donors (Lipinski definition) is 1. The van der Waals surface area contributed by atoms with Gasteiger partial charge in [0.15, 0.2) is 0 Å². The standard InChI is InChI=1S/C14H21N3O2/c1-16(19-2)14(18)13-6-4-3-5-12(13)11-17-9-7-15-8-10-17/h3-6,15H,7-11H2,1-2H3. The minimum atomic E-state index is -0.103. The Labute approximate surface area is 114 Å². The van der Waals surface area contributed by atoms with Crippen LogP contribution in [0.2, 0.25) is 0 Å². The second-order valence-corrected chi connectivity index (χ2v) is 4.67. The van der Waals surface area contributed by atoms with Crippen LogP contribution in [-0.4, -0.2) is 56.2 Å². The van der Waals surface area contributed by atoms with Crippen LogP contribution in [0.4, 0.5) is 0 Å². The molecule has 0 atom stereocenters. The van der Waals surface area contributed by atoms with Gasteiger partial charge in [0, 0.05) is 45.3 Å². The SMILES string of the molecule is CON(C)C(=O)c1ccccc1CN1CCNCC1. The van der Waals surface area contributed by atoms with E-state index < -0.39 is 0 Å². The van der Waals surface area contributed by atoms with Crippen molar-refractivity contribution in [1.82, 2.24) is 15.3 Å². The highest BCUT2D eigenvalue weighted by Crippen LogP contribution is 2.14. The van der Waals surface area contributed by atoms with E-state index in [0.717, 1.165) is 38.3 Å². The number of nitrogens with zero attached hydrogens (tertiary/aromatic N) is 2. The lowest BCUT2D eigenvalue weighted by Crippen LogP contribution is -2.43. The van der Waals surface area contributed by atoms with Crippen molar-refractivity contribution in [3.63, 3.8) is 0 Å². The first-order chi connectivity index (χ1) is 9.22. The van der Waals surface area contributed by atoms with Crippen molar-refractivity contribution in [2.45, 2.75) is 6.54 Å². The van der Waals surface area contributed by atoms with Crippen molar-refractivity contribution in [3.8, 4) is 0 Å². The molecule has 1 N–H and O–H groups in total. The zero-order valence-electron chi connectivity index (χ0n) is 11.6. The van der Waals surface area contributed by atoms with E-state index in [1.54, 1.807) is 7.05 Å². The van der Waals surface area contributed by atoms with Crippen molar-refractivity contribution >= 4 is 5.91 Å². The number of hydroxylamine groups is 2. The zero-order valence-corrected chi connectivity index (χ0v) is 11.6. The fourth-order valence-electron chi connectivity index (χ4n) is 2.23. The third-order valence-corrected chi connectivity index (χ3v) is 3.41. The van der Waals surface area contributed by atoms with Gasteiger partial charge in [0.1, 0.15) is 0 Å². The molecular formula is C14H21N3O2. The summed E-state index contributed by atoms with van der Waals surface area (Å²) < 4.78 is 0. The molecule has 1 aromatic rings. The third kappa shape index (κ3) is 3.53. The molecule has 0 spiro atoms. The number of benzene rings is 1. The van der Waals surface area contributed by atoms with Crippen LogP contribution in [0.15, 0.2) is 24.3 Å². The minimum Gasteiger partial charge on any atom is -0.314 e. The largest absolute Gasteiger partial charge is 0.314 e. The Morgan fingerprint density at radius 3 is 2.74 bits per heavy atom. The molecular weight excluding hydrogens is 242 g/mol. The first-order valence-electron chi connectivity index (χ1n) is 6.55. The monoisotopic (exact) mass is 263 g/mol. The van der Waals surface area contributed by atoms with Gasteiger partial charge < -0.3 is 5.32 Å². The fourth-order valence-corrected chi connectivity index (χ4v) is 2.23. The molecule has 0 aliphatic carbocycles. The lowest BCUT2D eigenvalue weighted by Gasteiger charge is -2.28. The Hall–Kier alpha value is -1.43. The number of amides is 1. The molecule has 0 unspecified atom stereocenters. The van der Waals surface area contributed by atoms with Crippen LogP contribution in [0, 0.1) is 0 Å². The van der Waals surface area contributed by atoms with Gasteiger partial charge in [-0.3, -0.25) is 14.5 Å². The third-order valence-electron chi connectivity index (χ3n) is 3.41. The van der Waals surface area contributed by atoms with Crippen LogP contribution >= 0.6 is 0 Å². The van der Waals surface area contributed by atoms with E-state index in [9.17, 15) is 4.79 Å².